The summed E-state index contributed by atoms with van der Waals surface area (Å²) in [5, 5.41) is 8.64. The van der Waals surface area contributed by atoms with Crippen molar-refractivity contribution in [3.05, 3.63) is 57.8 Å². The lowest BCUT2D eigenvalue weighted by Gasteiger charge is -2.28. The van der Waals surface area contributed by atoms with Crippen molar-refractivity contribution in [1.29, 1.82) is 0 Å². The molecule has 4 heteroatoms. The van der Waals surface area contributed by atoms with Crippen molar-refractivity contribution < 1.29 is 4.79 Å². The first-order valence-electron chi connectivity index (χ1n) is 8.22. The van der Waals surface area contributed by atoms with Gasteiger partial charge >= 0.3 is 0 Å². The smallest absolute Gasteiger partial charge is 0.234 e. The number of nitrogens with one attached hydrogen (secondary N) is 2. The molecule has 2 aromatic rings. The second-order valence-corrected chi connectivity index (χ2v) is 7.61. The second kappa shape index (κ2) is 6.85. The van der Waals surface area contributed by atoms with Gasteiger partial charge in [-0.05, 0) is 55.7 Å². The van der Waals surface area contributed by atoms with Gasteiger partial charge in [-0.25, -0.2) is 0 Å². The summed E-state index contributed by atoms with van der Waals surface area (Å²) >= 11 is 1.71. The van der Waals surface area contributed by atoms with Crippen molar-refractivity contribution in [1.82, 2.24) is 10.6 Å². The van der Waals surface area contributed by atoms with Gasteiger partial charge < -0.3 is 5.32 Å². The monoisotopic (exact) mass is 328 g/mol. The first kappa shape index (κ1) is 16.2. The highest BCUT2D eigenvalue weighted by Crippen LogP contribution is 2.29. The number of hydrogen-bond acceptors (Lipinski definition) is 3. The maximum absolute atomic E-state index is 12.4. The molecule has 1 aromatic carbocycles. The van der Waals surface area contributed by atoms with Crippen molar-refractivity contribution in [3.8, 4) is 0 Å². The summed E-state index contributed by atoms with van der Waals surface area (Å²) in [5.74, 6) is 0.0661. The summed E-state index contributed by atoms with van der Waals surface area (Å²) in [7, 11) is 0. The Morgan fingerprint density at radius 3 is 2.87 bits per heavy atom. The van der Waals surface area contributed by atoms with Crippen LogP contribution in [0.5, 0.6) is 0 Å². The Balaban J connectivity index is 1.58. The van der Waals surface area contributed by atoms with Gasteiger partial charge in [0.05, 0.1) is 12.6 Å². The quantitative estimate of drug-likeness (QED) is 0.877. The minimum Gasteiger partial charge on any atom is -0.348 e. The molecule has 1 amide bonds. The number of carbonyl (C=O) groups excluding carboxylic acids is 1. The van der Waals surface area contributed by atoms with Crippen LogP contribution in [0.4, 0.5) is 0 Å². The fourth-order valence-electron chi connectivity index (χ4n) is 3.17. The van der Waals surface area contributed by atoms with Crippen LogP contribution in [0.3, 0.4) is 0 Å². The molecule has 1 atom stereocenters. The molecule has 0 fully saturated rings. The van der Waals surface area contributed by atoms with Crippen LogP contribution in [0.25, 0.3) is 0 Å². The maximum atomic E-state index is 12.4. The fourth-order valence-corrected chi connectivity index (χ4v) is 4.00. The first-order chi connectivity index (χ1) is 11.1. The highest BCUT2D eigenvalue weighted by molar-refractivity contribution is 7.10. The third kappa shape index (κ3) is 3.82. The summed E-state index contributed by atoms with van der Waals surface area (Å²) in [5.41, 5.74) is 2.47. The lowest BCUT2D eigenvalue weighted by atomic mass is 9.88. The minimum atomic E-state index is -0.185. The maximum Gasteiger partial charge on any atom is 0.234 e. The molecular weight excluding hydrogens is 304 g/mol. The lowest BCUT2D eigenvalue weighted by molar-refractivity contribution is -0.121. The van der Waals surface area contributed by atoms with Gasteiger partial charge in [0, 0.05) is 10.4 Å². The number of aryl methyl sites for hydroxylation is 1. The number of thiophene rings is 1. The van der Waals surface area contributed by atoms with Gasteiger partial charge in [0.1, 0.15) is 0 Å². The topological polar surface area (TPSA) is 41.1 Å². The molecule has 0 radical (unpaired) electrons. The Hall–Kier alpha value is -1.65. The Labute approximate surface area is 142 Å². The summed E-state index contributed by atoms with van der Waals surface area (Å²) < 4.78 is 0. The van der Waals surface area contributed by atoms with Gasteiger partial charge in [0.2, 0.25) is 5.91 Å². The third-order valence-electron chi connectivity index (χ3n) is 4.53. The molecule has 1 aliphatic rings. The predicted octanol–water partition coefficient (Wildman–Crippen LogP) is 3.77. The van der Waals surface area contributed by atoms with Gasteiger partial charge in [0.25, 0.3) is 0 Å². The normalized spacial score (nSPS) is 17.6. The van der Waals surface area contributed by atoms with E-state index in [0.29, 0.717) is 6.54 Å². The molecule has 3 rings (SSSR count). The van der Waals surface area contributed by atoms with Gasteiger partial charge in [-0.2, -0.15) is 0 Å². The van der Waals surface area contributed by atoms with Crippen LogP contribution in [0.15, 0.2) is 41.8 Å². The molecule has 0 bridgehead atoms. The number of benzene rings is 1. The number of carbonyl (C=O) groups is 1. The summed E-state index contributed by atoms with van der Waals surface area (Å²) in [6, 6.07) is 12.7. The van der Waals surface area contributed by atoms with E-state index in [4.69, 9.17) is 0 Å². The van der Waals surface area contributed by atoms with E-state index in [0.717, 1.165) is 19.3 Å². The first-order valence-corrected chi connectivity index (χ1v) is 9.10. The molecule has 1 heterocycles. The molecule has 122 valence electrons. The van der Waals surface area contributed by atoms with Crippen LogP contribution in [-0.4, -0.2) is 12.5 Å². The average Bonchev–Trinajstić information content (AvgIpc) is 3.09. The molecule has 1 aliphatic carbocycles. The number of fused-ring (bicyclic) bond motifs is 1. The molecule has 1 aromatic heterocycles. The number of amides is 1. The Morgan fingerprint density at radius 2 is 2.09 bits per heavy atom. The molecular formula is C19H24N2OS. The Bertz CT molecular complexity index is 664. The molecule has 23 heavy (non-hydrogen) atoms. The number of rotatable bonds is 5. The van der Waals surface area contributed by atoms with Gasteiger partial charge in [-0.3, -0.25) is 10.1 Å². The third-order valence-corrected chi connectivity index (χ3v) is 5.73. The Morgan fingerprint density at radius 1 is 1.26 bits per heavy atom. The van der Waals surface area contributed by atoms with Crippen molar-refractivity contribution in [3.63, 3.8) is 0 Å². The van der Waals surface area contributed by atoms with Crippen LogP contribution in [0.1, 0.15) is 48.7 Å². The van der Waals surface area contributed by atoms with Gasteiger partial charge in [-0.15, -0.1) is 11.3 Å². The van der Waals surface area contributed by atoms with E-state index in [-0.39, 0.29) is 17.5 Å². The van der Waals surface area contributed by atoms with Crippen LogP contribution in [-0.2, 0) is 16.8 Å². The van der Waals surface area contributed by atoms with E-state index >= 15 is 0 Å². The van der Waals surface area contributed by atoms with E-state index in [1.54, 1.807) is 11.3 Å². The van der Waals surface area contributed by atoms with Crippen molar-refractivity contribution in [2.45, 2.75) is 44.7 Å². The largest absolute Gasteiger partial charge is 0.348 e. The summed E-state index contributed by atoms with van der Waals surface area (Å²) in [6.07, 6.45) is 3.28. The van der Waals surface area contributed by atoms with E-state index in [1.165, 1.54) is 16.0 Å². The van der Waals surface area contributed by atoms with Crippen LogP contribution in [0, 0.1) is 0 Å². The molecule has 0 aliphatic heterocycles. The molecule has 0 spiro atoms. The van der Waals surface area contributed by atoms with Crippen molar-refractivity contribution in [2.75, 3.05) is 6.54 Å². The van der Waals surface area contributed by atoms with Crippen LogP contribution < -0.4 is 10.6 Å². The van der Waals surface area contributed by atoms with Crippen LogP contribution in [0.2, 0.25) is 0 Å². The zero-order valence-electron chi connectivity index (χ0n) is 13.8. The van der Waals surface area contributed by atoms with E-state index < -0.39 is 0 Å². The minimum absolute atomic E-state index is 0.0661. The predicted molar refractivity (Wildman–Crippen MR) is 95.6 cm³/mol. The SMILES string of the molecule is CC(C)(NCC(=O)NC1CCCc2ccccc21)c1cccs1. The van der Waals surface area contributed by atoms with E-state index in [1.807, 2.05) is 6.07 Å². The zero-order chi connectivity index (χ0) is 16.3. The van der Waals surface area contributed by atoms with E-state index in [2.05, 4.69) is 60.2 Å². The summed E-state index contributed by atoms with van der Waals surface area (Å²) in [4.78, 5) is 13.6. The fraction of sp³-hybridized carbons (Fsp3) is 0.421. The summed E-state index contributed by atoms with van der Waals surface area (Å²) in [6.45, 7) is 4.56. The van der Waals surface area contributed by atoms with E-state index in [9.17, 15) is 4.79 Å². The second-order valence-electron chi connectivity index (χ2n) is 6.67. The van der Waals surface area contributed by atoms with Crippen LogP contribution >= 0.6 is 11.3 Å². The molecule has 2 N–H and O–H groups in total. The zero-order valence-corrected chi connectivity index (χ0v) is 14.6. The highest BCUT2D eigenvalue weighted by atomic mass is 32.1. The Kier molecular flexibility index (Phi) is 4.83. The molecule has 1 unspecified atom stereocenters. The number of hydrogen-bond donors (Lipinski definition) is 2. The molecule has 0 saturated carbocycles. The lowest BCUT2D eigenvalue weighted by Crippen LogP contribution is -2.44. The van der Waals surface area contributed by atoms with Gasteiger partial charge in [0.15, 0.2) is 0 Å². The average molecular weight is 328 g/mol. The molecule has 3 nitrogen and oxygen atoms in total. The van der Waals surface area contributed by atoms with Gasteiger partial charge in [-0.1, -0.05) is 30.3 Å². The standard InChI is InChI=1S/C19H24N2OS/c1-19(2,17-11-6-12-23-17)20-13-18(22)21-16-10-5-8-14-7-3-4-9-15(14)16/h3-4,6-7,9,11-12,16,20H,5,8,10,13H2,1-2H3,(H,21,22). The van der Waals surface area contributed by atoms with Crippen molar-refractivity contribution in [2.24, 2.45) is 0 Å². The van der Waals surface area contributed by atoms with Crippen molar-refractivity contribution >= 4 is 17.2 Å². The molecule has 0 saturated heterocycles. The highest BCUT2D eigenvalue weighted by Gasteiger charge is 2.24.